The van der Waals surface area contributed by atoms with Crippen LogP contribution in [-0.4, -0.2) is 95.1 Å². The Morgan fingerprint density at radius 1 is 0.712 bits per heavy atom. The number of nitrogen functional groups attached to an aromatic ring is 2. The quantitative estimate of drug-likeness (QED) is 0.0503. The number of nitrogens with two attached hydrogens (primary N) is 4. The fourth-order valence-corrected chi connectivity index (χ4v) is 7.62. The Morgan fingerprint density at radius 2 is 1.16 bits per heavy atom. The minimum absolute atomic E-state index is 0.0350. The summed E-state index contributed by atoms with van der Waals surface area (Å²) >= 11 is 0. The summed E-state index contributed by atoms with van der Waals surface area (Å²) in [5.41, 5.74) is 12.8. The zero-order chi connectivity index (χ0) is 53.4. The number of aldehydes is 1. The van der Waals surface area contributed by atoms with Crippen molar-refractivity contribution >= 4 is 47.6 Å². The van der Waals surface area contributed by atoms with Gasteiger partial charge in [0.25, 0.3) is 23.6 Å². The molecule has 0 radical (unpaired) electrons. The predicted octanol–water partition coefficient (Wildman–Crippen LogP) is 5.54. The van der Waals surface area contributed by atoms with E-state index in [9.17, 15) is 45.9 Å². The Balaban J connectivity index is 0.000000218. The fourth-order valence-electron chi connectivity index (χ4n) is 7.62. The summed E-state index contributed by atoms with van der Waals surface area (Å²) in [7, 11) is 0. The molecular formula is C47H49F5N14O7. The van der Waals surface area contributed by atoms with E-state index in [1.807, 2.05) is 0 Å². The molecule has 0 bridgehead atoms. The molecule has 6 aromatic rings. The van der Waals surface area contributed by atoms with E-state index in [0.29, 0.717) is 53.4 Å². The van der Waals surface area contributed by atoms with Crippen molar-refractivity contribution in [1.82, 2.24) is 39.5 Å². The number of alkyl halides is 3. The highest BCUT2D eigenvalue weighted by atomic mass is 19.4. The van der Waals surface area contributed by atoms with Gasteiger partial charge in [-0.15, -0.1) is 0 Å². The van der Waals surface area contributed by atoms with Crippen molar-refractivity contribution in [2.45, 2.75) is 70.3 Å². The highest BCUT2D eigenvalue weighted by molar-refractivity contribution is 6.05. The standard InChI is InChI=1S/C25H28FN7O4.C20H20FN7O2.C2HF3O/c1-25(2,3)37-24(36)32-12-4-5-17(32)22-31-19(20(21(27)34)33(22)28)14-6-8-15(9-7-14)23(35)30-18-13-16(26)10-11-29-18;21-13-7-9-25-15(10-13)26-20(30)12-5-3-11(4-6-12)16-17(18(22)29)28(23)19(27-16)14-2-1-8-24-14;3-2(4,5)1-6/h6-11,13,17H,4-5,12,28H2,1-3H3,(H2,27,34)(H,29,30,35);3-7,9-10,14,24H,1-2,8,23H2,(H2,22,29)(H,25,26,30);1H/t17-;14-;/m00./s1. The maximum atomic E-state index is 13.4. The first-order chi connectivity index (χ1) is 34.4. The van der Waals surface area contributed by atoms with Crippen LogP contribution < -0.4 is 39.1 Å². The second-order valence-corrected chi connectivity index (χ2v) is 17.2. The second kappa shape index (κ2) is 22.5. The SMILES string of the molecule is CC(C)(C)OC(=O)N1CCC[C@H]1c1nc(-c2ccc(C(=O)Nc3cc(F)ccn3)cc2)c(C(N)=O)n1N.NC(=O)c1c(-c2ccc(C(=O)Nc3cc(F)ccn3)cc2)nc([C@@H]2CCCN2)n1N.O=CC(F)(F)F. The molecule has 2 atom stereocenters. The zero-order valence-corrected chi connectivity index (χ0v) is 39.2. The number of likely N-dealkylation sites (tertiary alicyclic amines) is 1. The average molecular weight is 1020 g/mol. The molecule has 2 aliphatic rings. The average Bonchev–Trinajstić information content (AvgIpc) is 4.15. The normalized spacial score (nSPS) is 15.3. The van der Waals surface area contributed by atoms with Crippen LogP contribution >= 0.6 is 0 Å². The fraction of sp³-hybridized carbons (Fsp3) is 0.277. The van der Waals surface area contributed by atoms with E-state index in [4.69, 9.17) is 32.7 Å². The summed E-state index contributed by atoms with van der Waals surface area (Å²) in [6.07, 6.45) is -0.550. The molecule has 2 aliphatic heterocycles. The van der Waals surface area contributed by atoms with Gasteiger partial charge in [0.2, 0.25) is 6.29 Å². The molecule has 384 valence electrons. The van der Waals surface area contributed by atoms with Crippen LogP contribution in [0.25, 0.3) is 22.5 Å². The smallest absolute Gasteiger partial charge is 0.444 e. The number of carbonyl (C=O) groups excluding carboxylic acids is 6. The molecule has 73 heavy (non-hydrogen) atoms. The summed E-state index contributed by atoms with van der Waals surface area (Å²) in [5, 5.41) is 8.34. The van der Waals surface area contributed by atoms with Crippen molar-refractivity contribution in [3.05, 3.63) is 131 Å². The molecule has 0 saturated carbocycles. The van der Waals surface area contributed by atoms with Gasteiger partial charge in [-0.05, 0) is 89.4 Å². The topological polar surface area (TPSA) is 316 Å². The third-order valence-electron chi connectivity index (χ3n) is 10.8. The molecular weight excluding hydrogens is 968 g/mol. The number of benzene rings is 2. The maximum absolute atomic E-state index is 13.4. The Kier molecular flexibility index (Phi) is 16.5. The van der Waals surface area contributed by atoms with E-state index in [-0.39, 0.29) is 40.3 Å². The van der Waals surface area contributed by atoms with Crippen LogP contribution in [0, 0.1) is 11.6 Å². The van der Waals surface area contributed by atoms with Crippen molar-refractivity contribution in [2.75, 3.05) is 35.4 Å². The number of primary amides is 2. The van der Waals surface area contributed by atoms with Gasteiger partial charge in [0.15, 0.2) is 17.2 Å². The van der Waals surface area contributed by atoms with Gasteiger partial charge in [0, 0.05) is 53.3 Å². The number of nitrogens with one attached hydrogen (secondary N) is 3. The van der Waals surface area contributed by atoms with Crippen molar-refractivity contribution in [3.8, 4) is 22.5 Å². The number of nitrogens with zero attached hydrogens (tertiary/aromatic N) is 7. The lowest BCUT2D eigenvalue weighted by molar-refractivity contribution is -0.156. The van der Waals surface area contributed by atoms with Crippen LogP contribution in [-0.2, 0) is 9.53 Å². The number of amides is 5. The molecule has 0 aliphatic carbocycles. The Bertz CT molecular complexity index is 3010. The van der Waals surface area contributed by atoms with Gasteiger partial charge in [0.05, 0.1) is 12.1 Å². The third-order valence-corrected chi connectivity index (χ3v) is 10.8. The first kappa shape index (κ1) is 53.5. The second-order valence-electron chi connectivity index (χ2n) is 17.2. The van der Waals surface area contributed by atoms with Crippen molar-refractivity contribution in [3.63, 3.8) is 0 Å². The molecule has 8 rings (SSSR count). The van der Waals surface area contributed by atoms with Gasteiger partial charge < -0.3 is 43.8 Å². The number of hydrogen-bond acceptors (Lipinski definition) is 14. The number of aromatic nitrogens is 6. The van der Waals surface area contributed by atoms with Crippen LogP contribution in [0.1, 0.15) is 112 Å². The van der Waals surface area contributed by atoms with Crippen LogP contribution in [0.3, 0.4) is 0 Å². The lowest BCUT2D eigenvalue weighted by atomic mass is 10.1. The van der Waals surface area contributed by atoms with Gasteiger partial charge in [-0.3, -0.25) is 28.9 Å². The monoisotopic (exact) mass is 1020 g/mol. The molecule has 0 unspecified atom stereocenters. The largest absolute Gasteiger partial charge is 0.446 e. The minimum atomic E-state index is -4.64. The van der Waals surface area contributed by atoms with Gasteiger partial charge in [-0.25, -0.2) is 42.9 Å². The zero-order valence-electron chi connectivity index (χ0n) is 39.2. The number of carbonyl (C=O) groups is 6. The maximum Gasteiger partial charge on any atom is 0.446 e. The van der Waals surface area contributed by atoms with E-state index < -0.39 is 65.5 Å². The van der Waals surface area contributed by atoms with E-state index in [1.165, 1.54) is 41.3 Å². The van der Waals surface area contributed by atoms with Gasteiger partial charge in [-0.1, -0.05) is 24.3 Å². The molecule has 2 aromatic carbocycles. The number of rotatable bonds is 10. The lowest BCUT2D eigenvalue weighted by Gasteiger charge is -2.28. The summed E-state index contributed by atoms with van der Waals surface area (Å²) in [6, 6.07) is 16.7. The van der Waals surface area contributed by atoms with Crippen LogP contribution in [0.15, 0.2) is 85.2 Å². The van der Waals surface area contributed by atoms with Gasteiger partial charge in [0.1, 0.15) is 46.1 Å². The minimum Gasteiger partial charge on any atom is -0.444 e. The van der Waals surface area contributed by atoms with Crippen molar-refractivity contribution in [2.24, 2.45) is 11.5 Å². The number of hydrogen-bond donors (Lipinski definition) is 7. The van der Waals surface area contributed by atoms with Crippen molar-refractivity contribution < 1.29 is 55.5 Å². The van der Waals surface area contributed by atoms with Crippen LogP contribution in [0.5, 0.6) is 0 Å². The molecule has 4 aromatic heterocycles. The Labute approximate surface area is 412 Å². The molecule has 26 heteroatoms. The molecule has 0 spiro atoms. The van der Waals surface area contributed by atoms with Gasteiger partial charge in [-0.2, -0.15) is 13.2 Å². The van der Waals surface area contributed by atoms with Crippen LogP contribution in [0.4, 0.5) is 38.4 Å². The van der Waals surface area contributed by atoms with E-state index >= 15 is 0 Å². The first-order valence-electron chi connectivity index (χ1n) is 22.1. The Hall–Kier alpha value is -8.81. The number of imidazole rings is 2. The predicted molar refractivity (Wildman–Crippen MR) is 254 cm³/mol. The lowest BCUT2D eigenvalue weighted by Crippen LogP contribution is -2.38. The number of halogens is 5. The Morgan fingerprint density at radius 3 is 1.56 bits per heavy atom. The molecule has 2 fully saturated rings. The van der Waals surface area contributed by atoms with E-state index in [2.05, 4.69) is 35.9 Å². The summed E-state index contributed by atoms with van der Waals surface area (Å²) in [6.45, 7) is 6.64. The van der Waals surface area contributed by atoms with Gasteiger partial charge >= 0.3 is 12.3 Å². The van der Waals surface area contributed by atoms with E-state index in [0.717, 1.165) is 36.2 Å². The summed E-state index contributed by atoms with van der Waals surface area (Å²) < 4.78 is 65.7. The number of ether oxygens (including phenoxy) is 1. The molecule has 2 saturated heterocycles. The first-order valence-corrected chi connectivity index (χ1v) is 22.1. The molecule has 21 nitrogen and oxygen atoms in total. The number of anilines is 2. The molecule has 6 heterocycles. The highest BCUT2D eigenvalue weighted by Gasteiger charge is 2.38. The molecule has 11 N–H and O–H groups in total. The summed E-state index contributed by atoms with van der Waals surface area (Å²) in [4.78, 5) is 89.2. The summed E-state index contributed by atoms with van der Waals surface area (Å²) in [5.74, 6) is 9.93. The van der Waals surface area contributed by atoms with E-state index in [1.54, 1.807) is 62.1 Å². The van der Waals surface area contributed by atoms with Crippen LogP contribution in [0.2, 0.25) is 0 Å². The third kappa shape index (κ3) is 13.5. The number of pyridine rings is 2. The molecule has 5 amide bonds. The van der Waals surface area contributed by atoms with Crippen molar-refractivity contribution in [1.29, 1.82) is 0 Å². The highest BCUT2D eigenvalue weighted by Crippen LogP contribution is 2.36.